The van der Waals surface area contributed by atoms with Crippen molar-refractivity contribution in [2.24, 2.45) is 10.7 Å². The molecule has 0 saturated carbocycles. The van der Waals surface area contributed by atoms with Crippen molar-refractivity contribution in [1.82, 2.24) is 10.2 Å². The lowest BCUT2D eigenvalue weighted by Crippen LogP contribution is -2.38. The number of guanidine groups is 1. The number of nitrogens with zero attached hydrogens (tertiary/aromatic N) is 2. The molecule has 0 aliphatic carbocycles. The van der Waals surface area contributed by atoms with E-state index in [0.717, 1.165) is 25.9 Å². The van der Waals surface area contributed by atoms with Gasteiger partial charge in [0.2, 0.25) is 0 Å². The van der Waals surface area contributed by atoms with Gasteiger partial charge in [-0.3, -0.25) is 4.99 Å². The molecule has 0 amide bonds. The summed E-state index contributed by atoms with van der Waals surface area (Å²) in [7, 11) is 2.16. The van der Waals surface area contributed by atoms with Gasteiger partial charge in [-0.05, 0) is 53.6 Å². The Balaban J connectivity index is 3.59. The average molecular weight is 242 g/mol. The summed E-state index contributed by atoms with van der Waals surface area (Å²) in [5.74, 6) is 0.580. The molecule has 102 valence electrons. The van der Waals surface area contributed by atoms with Crippen LogP contribution in [0.15, 0.2) is 4.99 Å². The van der Waals surface area contributed by atoms with E-state index in [4.69, 9.17) is 5.73 Å². The van der Waals surface area contributed by atoms with Crippen LogP contribution in [0.25, 0.3) is 0 Å². The quantitative estimate of drug-likeness (QED) is 0.388. The van der Waals surface area contributed by atoms with Crippen molar-refractivity contribution in [2.45, 2.75) is 59.0 Å². The summed E-state index contributed by atoms with van der Waals surface area (Å²) < 4.78 is 0. The molecule has 3 N–H and O–H groups in total. The van der Waals surface area contributed by atoms with Crippen LogP contribution < -0.4 is 11.1 Å². The lowest BCUT2D eigenvalue weighted by atomic mass is 10.2. The van der Waals surface area contributed by atoms with E-state index in [2.05, 4.69) is 50.0 Å². The van der Waals surface area contributed by atoms with E-state index in [-0.39, 0.29) is 0 Å². The average Bonchev–Trinajstić information content (AvgIpc) is 2.27. The molecule has 0 aromatic carbocycles. The molecule has 0 bridgehead atoms. The molecule has 0 rings (SSSR count). The van der Waals surface area contributed by atoms with Gasteiger partial charge < -0.3 is 16.0 Å². The van der Waals surface area contributed by atoms with Crippen LogP contribution in [0.4, 0.5) is 0 Å². The molecule has 0 heterocycles. The van der Waals surface area contributed by atoms with E-state index in [1.54, 1.807) is 0 Å². The van der Waals surface area contributed by atoms with Crippen LogP contribution in [-0.4, -0.2) is 43.1 Å². The summed E-state index contributed by atoms with van der Waals surface area (Å²) in [4.78, 5) is 6.67. The number of hydrogen-bond acceptors (Lipinski definition) is 2. The number of hydrogen-bond donors (Lipinski definition) is 2. The molecule has 0 aromatic rings. The Hall–Kier alpha value is -0.770. The van der Waals surface area contributed by atoms with E-state index in [1.807, 2.05) is 0 Å². The molecule has 0 saturated heterocycles. The first kappa shape index (κ1) is 16.2. The molecule has 4 heteroatoms. The zero-order valence-electron chi connectivity index (χ0n) is 12.2. The van der Waals surface area contributed by atoms with Gasteiger partial charge >= 0.3 is 0 Å². The fourth-order valence-electron chi connectivity index (χ4n) is 1.33. The van der Waals surface area contributed by atoms with Gasteiger partial charge in [-0.2, -0.15) is 0 Å². The smallest absolute Gasteiger partial charge is 0.188 e. The molecule has 1 atom stereocenters. The van der Waals surface area contributed by atoms with Gasteiger partial charge in [0.1, 0.15) is 0 Å². The number of rotatable bonds is 8. The Morgan fingerprint density at radius 2 is 1.94 bits per heavy atom. The summed E-state index contributed by atoms with van der Waals surface area (Å²) in [6.07, 6.45) is 3.34. The second-order valence-electron chi connectivity index (χ2n) is 5.00. The fourth-order valence-corrected chi connectivity index (χ4v) is 1.33. The van der Waals surface area contributed by atoms with Crippen molar-refractivity contribution in [1.29, 1.82) is 0 Å². The number of unbranched alkanes of at least 4 members (excludes halogenated alkanes) is 1. The van der Waals surface area contributed by atoms with Gasteiger partial charge in [0.25, 0.3) is 0 Å². The Morgan fingerprint density at radius 3 is 2.47 bits per heavy atom. The van der Waals surface area contributed by atoms with Gasteiger partial charge in [0.15, 0.2) is 5.96 Å². The van der Waals surface area contributed by atoms with Crippen LogP contribution in [0.3, 0.4) is 0 Å². The Bertz CT molecular complexity index is 213. The second kappa shape index (κ2) is 9.28. The highest BCUT2D eigenvalue weighted by Crippen LogP contribution is 1.98. The minimum Gasteiger partial charge on any atom is -0.370 e. The van der Waals surface area contributed by atoms with E-state index in [1.165, 1.54) is 6.42 Å². The van der Waals surface area contributed by atoms with Crippen LogP contribution in [0, 0.1) is 0 Å². The van der Waals surface area contributed by atoms with E-state index >= 15 is 0 Å². The third-order valence-electron chi connectivity index (χ3n) is 3.09. The normalized spacial score (nSPS) is 14.4. The number of aliphatic imine (C=N–C) groups is 1. The molecular weight excluding hydrogens is 212 g/mol. The molecular formula is C13H30N4. The largest absolute Gasteiger partial charge is 0.370 e. The monoisotopic (exact) mass is 242 g/mol. The Labute approximate surface area is 107 Å². The van der Waals surface area contributed by atoms with E-state index < -0.39 is 0 Å². The SMILES string of the molecule is CC[C@@H](C)NC(N)=NCCCCN(C)C(C)C. The fraction of sp³-hybridized carbons (Fsp3) is 0.923. The number of nitrogens with one attached hydrogen (secondary N) is 1. The van der Waals surface area contributed by atoms with E-state index in [0.29, 0.717) is 18.0 Å². The maximum Gasteiger partial charge on any atom is 0.188 e. The van der Waals surface area contributed by atoms with Gasteiger partial charge in [-0.15, -0.1) is 0 Å². The van der Waals surface area contributed by atoms with Gasteiger partial charge in [-0.25, -0.2) is 0 Å². The van der Waals surface area contributed by atoms with Crippen LogP contribution in [0.2, 0.25) is 0 Å². The Morgan fingerprint density at radius 1 is 1.29 bits per heavy atom. The summed E-state index contributed by atoms with van der Waals surface area (Å²) in [6, 6.07) is 1.03. The van der Waals surface area contributed by atoms with Crippen LogP contribution in [-0.2, 0) is 0 Å². The predicted octanol–water partition coefficient (Wildman–Crippen LogP) is 1.81. The highest BCUT2D eigenvalue weighted by atomic mass is 15.1. The molecule has 0 fully saturated rings. The summed E-state index contributed by atoms with van der Waals surface area (Å²) in [5.41, 5.74) is 5.77. The predicted molar refractivity (Wildman–Crippen MR) is 76.4 cm³/mol. The topological polar surface area (TPSA) is 53.6 Å². The first-order valence-corrected chi connectivity index (χ1v) is 6.74. The maximum atomic E-state index is 5.77. The highest BCUT2D eigenvalue weighted by Gasteiger charge is 2.02. The van der Waals surface area contributed by atoms with Crippen molar-refractivity contribution in [3.8, 4) is 0 Å². The molecule has 17 heavy (non-hydrogen) atoms. The second-order valence-corrected chi connectivity index (χ2v) is 5.00. The van der Waals surface area contributed by atoms with Crippen molar-refractivity contribution < 1.29 is 0 Å². The van der Waals surface area contributed by atoms with Crippen molar-refractivity contribution >= 4 is 5.96 Å². The molecule has 0 unspecified atom stereocenters. The summed E-state index contributed by atoms with van der Waals surface area (Å²) >= 11 is 0. The van der Waals surface area contributed by atoms with Crippen molar-refractivity contribution in [3.63, 3.8) is 0 Å². The van der Waals surface area contributed by atoms with Gasteiger partial charge in [-0.1, -0.05) is 6.92 Å². The minimum absolute atomic E-state index is 0.408. The van der Waals surface area contributed by atoms with Crippen LogP contribution in [0.5, 0.6) is 0 Å². The van der Waals surface area contributed by atoms with Crippen LogP contribution >= 0.6 is 0 Å². The summed E-state index contributed by atoms with van der Waals surface area (Å²) in [6.45, 7) is 10.6. The van der Waals surface area contributed by atoms with Crippen molar-refractivity contribution in [2.75, 3.05) is 20.1 Å². The lowest BCUT2D eigenvalue weighted by molar-refractivity contribution is 0.269. The maximum absolute atomic E-state index is 5.77. The molecule has 0 aliphatic rings. The molecule has 4 nitrogen and oxygen atoms in total. The zero-order valence-corrected chi connectivity index (χ0v) is 12.2. The van der Waals surface area contributed by atoms with Crippen LogP contribution in [0.1, 0.15) is 47.0 Å². The third kappa shape index (κ3) is 8.98. The van der Waals surface area contributed by atoms with Crippen molar-refractivity contribution in [3.05, 3.63) is 0 Å². The zero-order chi connectivity index (χ0) is 13.3. The molecule has 0 aromatic heterocycles. The molecule has 0 spiro atoms. The summed E-state index contributed by atoms with van der Waals surface area (Å²) in [5, 5.41) is 3.16. The van der Waals surface area contributed by atoms with Gasteiger partial charge in [0.05, 0.1) is 0 Å². The standard InChI is InChI=1S/C13H30N4/c1-6-12(4)16-13(14)15-9-7-8-10-17(5)11(2)3/h11-12H,6-10H2,1-5H3,(H3,14,15,16)/t12-/m1/s1. The number of nitrogens with two attached hydrogens (primary N) is 1. The minimum atomic E-state index is 0.408. The van der Waals surface area contributed by atoms with E-state index in [9.17, 15) is 0 Å². The molecule has 0 aliphatic heterocycles. The first-order valence-electron chi connectivity index (χ1n) is 6.74. The molecule has 0 radical (unpaired) electrons. The lowest BCUT2D eigenvalue weighted by Gasteiger charge is -2.20. The van der Waals surface area contributed by atoms with Gasteiger partial charge in [0, 0.05) is 18.6 Å². The highest BCUT2D eigenvalue weighted by molar-refractivity contribution is 5.78. The third-order valence-corrected chi connectivity index (χ3v) is 3.09. The first-order chi connectivity index (χ1) is 7.97. The Kier molecular flexibility index (Phi) is 8.86.